The fourth-order valence-electron chi connectivity index (χ4n) is 3.49. The van der Waals surface area contributed by atoms with E-state index in [0.717, 1.165) is 18.5 Å². The summed E-state index contributed by atoms with van der Waals surface area (Å²) in [5, 5.41) is 3.19. The first kappa shape index (κ1) is 22.7. The van der Waals surface area contributed by atoms with Crippen molar-refractivity contribution in [3.63, 3.8) is 0 Å². The zero-order valence-corrected chi connectivity index (χ0v) is 19.2. The molecule has 0 heterocycles. The Morgan fingerprint density at radius 1 is 1.11 bits per heavy atom. The van der Waals surface area contributed by atoms with Crippen LogP contribution in [0.25, 0.3) is 0 Å². The van der Waals surface area contributed by atoms with Gasteiger partial charge in [-0.3, -0.25) is 0 Å². The van der Waals surface area contributed by atoms with Gasteiger partial charge in [-0.05, 0) is 61.4 Å². The van der Waals surface area contributed by atoms with E-state index in [1.165, 1.54) is 24.0 Å². The second-order valence-electron chi connectivity index (χ2n) is 6.95. The van der Waals surface area contributed by atoms with Crippen molar-refractivity contribution >= 4 is 45.5 Å². The molecule has 7 heteroatoms. The number of hydrogen-bond donors (Lipinski definition) is 2. The van der Waals surface area contributed by atoms with E-state index in [1.807, 2.05) is 19.1 Å². The number of sulfone groups is 1. The molecule has 3 rings (SSSR count). The number of fused-ring (bicyclic) bond motifs is 1. The molecule has 0 bridgehead atoms. The number of guanidine groups is 1. The molecule has 2 aromatic rings. The number of rotatable bonds is 6. The molecule has 28 heavy (non-hydrogen) atoms. The zero-order chi connectivity index (χ0) is 19.3. The van der Waals surface area contributed by atoms with Gasteiger partial charge in [0.2, 0.25) is 0 Å². The summed E-state index contributed by atoms with van der Waals surface area (Å²) in [5.74, 6) is 0.215. The number of benzene rings is 2. The molecule has 0 amide bonds. The predicted molar refractivity (Wildman–Crippen MR) is 126 cm³/mol. The highest BCUT2D eigenvalue weighted by Gasteiger charge is 2.20. The van der Waals surface area contributed by atoms with E-state index in [4.69, 9.17) is 5.73 Å². The molecule has 0 radical (unpaired) electrons. The van der Waals surface area contributed by atoms with Gasteiger partial charge in [0.05, 0.1) is 16.7 Å². The van der Waals surface area contributed by atoms with Gasteiger partial charge in [-0.2, -0.15) is 0 Å². The average Bonchev–Trinajstić information content (AvgIpc) is 2.68. The SMILES string of the molecule is CCC(CS(=O)(=O)c1ccccc1)N=C(N)Nc1cccc2c1CCCC2.I. The number of nitrogens with two attached hydrogens (primary N) is 1. The summed E-state index contributed by atoms with van der Waals surface area (Å²) in [4.78, 5) is 4.78. The van der Waals surface area contributed by atoms with Gasteiger partial charge in [-0.15, -0.1) is 24.0 Å². The van der Waals surface area contributed by atoms with Crippen molar-refractivity contribution < 1.29 is 8.42 Å². The maximum absolute atomic E-state index is 12.6. The first-order valence-corrected chi connectivity index (χ1v) is 11.1. The van der Waals surface area contributed by atoms with Gasteiger partial charge in [-0.1, -0.05) is 37.3 Å². The summed E-state index contributed by atoms with van der Waals surface area (Å²) in [6.07, 6.45) is 5.12. The smallest absolute Gasteiger partial charge is 0.193 e. The minimum atomic E-state index is -3.39. The van der Waals surface area contributed by atoms with Crippen LogP contribution in [0.3, 0.4) is 0 Å². The average molecular weight is 513 g/mol. The van der Waals surface area contributed by atoms with E-state index in [2.05, 4.69) is 16.4 Å². The van der Waals surface area contributed by atoms with Crippen LogP contribution in [0, 0.1) is 0 Å². The molecule has 1 aliphatic rings. The monoisotopic (exact) mass is 513 g/mol. The molecule has 2 aromatic carbocycles. The number of anilines is 1. The normalized spacial score (nSPS) is 15.2. The van der Waals surface area contributed by atoms with Crippen molar-refractivity contribution in [2.75, 3.05) is 11.1 Å². The minimum absolute atomic E-state index is 0. The summed E-state index contributed by atoms with van der Waals surface area (Å²) in [5.41, 5.74) is 9.75. The van der Waals surface area contributed by atoms with Crippen molar-refractivity contribution in [3.8, 4) is 0 Å². The molecule has 0 saturated carbocycles. The fourth-order valence-corrected chi connectivity index (χ4v) is 5.07. The predicted octanol–water partition coefficient (Wildman–Crippen LogP) is 4.16. The summed E-state index contributed by atoms with van der Waals surface area (Å²) >= 11 is 0. The van der Waals surface area contributed by atoms with Gasteiger partial charge in [-0.25, -0.2) is 13.4 Å². The molecular weight excluding hydrogens is 485 g/mol. The quantitative estimate of drug-likeness (QED) is 0.345. The molecule has 1 unspecified atom stereocenters. The fraction of sp³-hybridized carbons (Fsp3) is 0.381. The first-order chi connectivity index (χ1) is 13.0. The van der Waals surface area contributed by atoms with Crippen molar-refractivity contribution in [2.45, 2.75) is 50.0 Å². The van der Waals surface area contributed by atoms with Crippen LogP contribution in [-0.2, 0) is 22.7 Å². The first-order valence-electron chi connectivity index (χ1n) is 9.48. The molecule has 0 saturated heterocycles. The van der Waals surface area contributed by atoms with Crippen LogP contribution in [0.2, 0.25) is 0 Å². The van der Waals surface area contributed by atoms with Crippen LogP contribution in [0.4, 0.5) is 5.69 Å². The van der Waals surface area contributed by atoms with E-state index in [9.17, 15) is 8.42 Å². The topological polar surface area (TPSA) is 84.5 Å². The van der Waals surface area contributed by atoms with Crippen LogP contribution >= 0.6 is 24.0 Å². The summed E-state index contributed by atoms with van der Waals surface area (Å²) in [6.45, 7) is 1.92. The van der Waals surface area contributed by atoms with Crippen molar-refractivity contribution in [2.24, 2.45) is 10.7 Å². The number of hydrogen-bond acceptors (Lipinski definition) is 3. The highest BCUT2D eigenvalue weighted by Crippen LogP contribution is 2.27. The Labute approximate surface area is 184 Å². The van der Waals surface area contributed by atoms with Crippen LogP contribution in [0.1, 0.15) is 37.3 Å². The lowest BCUT2D eigenvalue weighted by molar-refractivity contribution is 0.584. The maximum atomic E-state index is 12.6. The lowest BCUT2D eigenvalue weighted by Crippen LogP contribution is -2.28. The van der Waals surface area contributed by atoms with Crippen LogP contribution in [0.5, 0.6) is 0 Å². The third kappa shape index (κ3) is 5.70. The van der Waals surface area contributed by atoms with Crippen LogP contribution < -0.4 is 11.1 Å². The maximum Gasteiger partial charge on any atom is 0.193 e. The lowest BCUT2D eigenvalue weighted by Gasteiger charge is -2.20. The van der Waals surface area contributed by atoms with Gasteiger partial charge in [0, 0.05) is 5.69 Å². The molecule has 152 valence electrons. The molecule has 0 aromatic heterocycles. The van der Waals surface area contributed by atoms with Gasteiger partial charge >= 0.3 is 0 Å². The summed E-state index contributed by atoms with van der Waals surface area (Å²) in [7, 11) is -3.39. The van der Waals surface area contributed by atoms with E-state index in [1.54, 1.807) is 30.3 Å². The van der Waals surface area contributed by atoms with Crippen molar-refractivity contribution in [1.29, 1.82) is 0 Å². The molecule has 0 aliphatic heterocycles. The third-order valence-corrected chi connectivity index (χ3v) is 6.78. The van der Waals surface area contributed by atoms with Gasteiger partial charge < -0.3 is 11.1 Å². The van der Waals surface area contributed by atoms with E-state index in [-0.39, 0.29) is 41.7 Å². The summed E-state index contributed by atoms with van der Waals surface area (Å²) < 4.78 is 25.2. The van der Waals surface area contributed by atoms with Crippen LogP contribution in [-0.4, -0.2) is 26.2 Å². The Morgan fingerprint density at radius 3 is 2.54 bits per heavy atom. The van der Waals surface area contributed by atoms with E-state index < -0.39 is 9.84 Å². The molecular formula is C21H28IN3O2S. The Balaban J connectivity index is 0.00000280. The Morgan fingerprint density at radius 2 is 1.82 bits per heavy atom. The minimum Gasteiger partial charge on any atom is -0.370 e. The van der Waals surface area contributed by atoms with E-state index in [0.29, 0.717) is 11.3 Å². The molecule has 5 nitrogen and oxygen atoms in total. The highest BCUT2D eigenvalue weighted by molar-refractivity contribution is 14.0. The number of aryl methyl sites for hydroxylation is 1. The molecule has 0 fully saturated rings. The zero-order valence-electron chi connectivity index (χ0n) is 16.1. The van der Waals surface area contributed by atoms with Crippen LogP contribution in [0.15, 0.2) is 58.4 Å². The largest absolute Gasteiger partial charge is 0.370 e. The number of nitrogens with zero attached hydrogens (tertiary/aromatic N) is 1. The van der Waals surface area contributed by atoms with Gasteiger partial charge in [0.15, 0.2) is 15.8 Å². The Kier molecular flexibility index (Phi) is 8.30. The standard InChI is InChI=1S/C21H27N3O2S.HI/c1-2-17(15-27(25,26)18-11-4-3-5-12-18)23-21(22)24-20-14-8-10-16-9-6-7-13-19(16)20;/h3-5,8,10-12,14,17H,2,6-7,9,13,15H2,1H3,(H3,22,23,24);1H. The van der Waals surface area contributed by atoms with Gasteiger partial charge in [0.1, 0.15) is 0 Å². The molecule has 1 aliphatic carbocycles. The lowest BCUT2D eigenvalue weighted by atomic mass is 9.90. The number of halogens is 1. The second kappa shape index (κ2) is 10.2. The number of nitrogens with one attached hydrogen (secondary N) is 1. The van der Waals surface area contributed by atoms with E-state index >= 15 is 0 Å². The molecule has 3 N–H and O–H groups in total. The highest BCUT2D eigenvalue weighted by atomic mass is 127. The Bertz CT molecular complexity index is 915. The van der Waals surface area contributed by atoms with Crippen molar-refractivity contribution in [3.05, 3.63) is 59.7 Å². The Hall–Kier alpha value is -1.61. The third-order valence-electron chi connectivity index (χ3n) is 4.97. The number of aliphatic imine (C=N–C) groups is 1. The van der Waals surface area contributed by atoms with Crippen molar-refractivity contribution in [1.82, 2.24) is 0 Å². The summed E-state index contributed by atoms with van der Waals surface area (Å²) in [6, 6.07) is 14.3. The molecule has 1 atom stereocenters. The molecule has 0 spiro atoms. The second-order valence-corrected chi connectivity index (χ2v) is 8.98. The van der Waals surface area contributed by atoms with Gasteiger partial charge in [0.25, 0.3) is 0 Å².